The molecule has 1 aromatic heterocycles. The zero-order valence-electron chi connectivity index (χ0n) is 15.2. The number of aliphatic hydroxyl groups is 1. The second kappa shape index (κ2) is 8.26. The highest BCUT2D eigenvalue weighted by molar-refractivity contribution is 6.07. The molecule has 0 atom stereocenters. The van der Waals surface area contributed by atoms with Crippen molar-refractivity contribution in [2.24, 2.45) is 0 Å². The molecule has 6 heteroatoms. The first-order chi connectivity index (χ1) is 13.5. The zero-order chi connectivity index (χ0) is 20.1. The fourth-order valence-electron chi connectivity index (χ4n) is 2.78. The topological polar surface area (TPSA) is 88.8 Å². The van der Waals surface area contributed by atoms with Gasteiger partial charge in [-0.05, 0) is 49.4 Å². The summed E-state index contributed by atoms with van der Waals surface area (Å²) in [5.74, 6) is -2.03. The van der Waals surface area contributed by atoms with Gasteiger partial charge in [0, 0.05) is 28.9 Å². The summed E-state index contributed by atoms with van der Waals surface area (Å²) in [4.78, 5) is 23.4. The Morgan fingerprint density at radius 3 is 2.54 bits per heavy atom. The lowest BCUT2D eigenvalue weighted by Gasteiger charge is -2.05. The molecule has 0 spiro atoms. The number of fused-ring (bicyclic) bond motifs is 1. The third-order valence-electron chi connectivity index (χ3n) is 4.06. The molecular formula is C22H19NO5. The van der Waals surface area contributed by atoms with Crippen LogP contribution in [0.2, 0.25) is 0 Å². The lowest BCUT2D eigenvalue weighted by molar-refractivity contribution is -0.141. The minimum absolute atomic E-state index is 0.109. The van der Waals surface area contributed by atoms with E-state index >= 15 is 0 Å². The van der Waals surface area contributed by atoms with Crippen LogP contribution in [0, 0.1) is 0 Å². The first-order valence-corrected chi connectivity index (χ1v) is 8.69. The SMILES string of the molecule is CCOC(=O)/C(O)=C/C(=O)/C=C/c1cn(-c2ccc(O)cc2)c2ccccc12. The van der Waals surface area contributed by atoms with Crippen LogP contribution >= 0.6 is 0 Å². The van der Waals surface area contributed by atoms with E-state index in [1.165, 1.54) is 6.08 Å². The Balaban J connectivity index is 1.92. The predicted octanol–water partition coefficient (Wildman–Crippen LogP) is 3.92. The average molecular weight is 377 g/mol. The molecule has 0 aliphatic carbocycles. The molecule has 28 heavy (non-hydrogen) atoms. The molecule has 142 valence electrons. The molecular weight excluding hydrogens is 358 g/mol. The fourth-order valence-corrected chi connectivity index (χ4v) is 2.78. The highest BCUT2D eigenvalue weighted by Crippen LogP contribution is 2.26. The van der Waals surface area contributed by atoms with E-state index in [2.05, 4.69) is 4.74 Å². The van der Waals surface area contributed by atoms with Gasteiger partial charge in [-0.1, -0.05) is 18.2 Å². The smallest absolute Gasteiger partial charge is 0.373 e. The molecule has 0 aliphatic rings. The Kier molecular flexibility index (Phi) is 5.60. The summed E-state index contributed by atoms with van der Waals surface area (Å²) in [6.45, 7) is 1.72. The van der Waals surface area contributed by atoms with Gasteiger partial charge in [-0.25, -0.2) is 4.79 Å². The van der Waals surface area contributed by atoms with Crippen molar-refractivity contribution in [3.05, 3.63) is 78.2 Å². The Morgan fingerprint density at radius 2 is 1.82 bits per heavy atom. The summed E-state index contributed by atoms with van der Waals surface area (Å²) >= 11 is 0. The Labute approximate surface area is 161 Å². The van der Waals surface area contributed by atoms with Gasteiger partial charge in [-0.15, -0.1) is 0 Å². The lowest BCUT2D eigenvalue weighted by Crippen LogP contribution is -2.08. The minimum atomic E-state index is -0.937. The summed E-state index contributed by atoms with van der Waals surface area (Å²) in [5.41, 5.74) is 2.59. The highest BCUT2D eigenvalue weighted by atomic mass is 16.5. The number of allylic oxidation sites excluding steroid dienone is 2. The van der Waals surface area contributed by atoms with E-state index in [0.717, 1.165) is 28.2 Å². The van der Waals surface area contributed by atoms with Gasteiger partial charge in [0.2, 0.25) is 5.76 Å². The first-order valence-electron chi connectivity index (χ1n) is 8.69. The van der Waals surface area contributed by atoms with Crippen LogP contribution in [-0.4, -0.2) is 33.1 Å². The van der Waals surface area contributed by atoms with Crippen LogP contribution in [0.15, 0.2) is 72.6 Å². The summed E-state index contributed by atoms with van der Waals surface area (Å²) < 4.78 is 6.58. The quantitative estimate of drug-likeness (QED) is 0.386. The van der Waals surface area contributed by atoms with Crippen LogP contribution < -0.4 is 0 Å². The molecule has 2 aromatic carbocycles. The number of carbonyl (C=O) groups is 2. The number of benzene rings is 2. The number of para-hydroxylation sites is 1. The Morgan fingerprint density at radius 1 is 1.11 bits per heavy atom. The molecule has 6 nitrogen and oxygen atoms in total. The Hall–Kier alpha value is -3.80. The van der Waals surface area contributed by atoms with Gasteiger partial charge >= 0.3 is 5.97 Å². The summed E-state index contributed by atoms with van der Waals surface area (Å²) in [6, 6.07) is 14.5. The molecule has 0 amide bonds. The molecule has 0 aliphatic heterocycles. The predicted molar refractivity (Wildman–Crippen MR) is 106 cm³/mol. The third-order valence-corrected chi connectivity index (χ3v) is 4.06. The normalized spacial score (nSPS) is 11.8. The zero-order valence-corrected chi connectivity index (χ0v) is 15.2. The third kappa shape index (κ3) is 4.12. The molecule has 2 N–H and O–H groups in total. The lowest BCUT2D eigenvalue weighted by atomic mass is 10.1. The minimum Gasteiger partial charge on any atom is -0.508 e. The van der Waals surface area contributed by atoms with Crippen molar-refractivity contribution in [3.63, 3.8) is 0 Å². The number of hydrogen-bond donors (Lipinski definition) is 2. The molecule has 0 fully saturated rings. The van der Waals surface area contributed by atoms with Gasteiger partial charge in [0.1, 0.15) is 5.75 Å². The largest absolute Gasteiger partial charge is 0.508 e. The summed E-state index contributed by atoms with van der Waals surface area (Å²) in [6.07, 6.45) is 5.60. The number of phenols is 1. The number of aromatic hydroxyl groups is 1. The molecule has 0 saturated heterocycles. The van der Waals surface area contributed by atoms with Crippen molar-refractivity contribution in [3.8, 4) is 11.4 Å². The number of aromatic nitrogens is 1. The monoisotopic (exact) mass is 377 g/mol. The van der Waals surface area contributed by atoms with Crippen molar-refractivity contribution in [1.29, 1.82) is 0 Å². The molecule has 3 rings (SSSR count). The second-order valence-corrected chi connectivity index (χ2v) is 5.97. The maximum atomic E-state index is 12.0. The van der Waals surface area contributed by atoms with Crippen molar-refractivity contribution in [2.75, 3.05) is 6.61 Å². The highest BCUT2D eigenvalue weighted by Gasteiger charge is 2.10. The Bertz CT molecular complexity index is 1070. The molecule has 3 aromatic rings. The number of aliphatic hydroxyl groups excluding tert-OH is 1. The number of rotatable bonds is 6. The van der Waals surface area contributed by atoms with Crippen molar-refractivity contribution in [1.82, 2.24) is 4.57 Å². The average Bonchev–Trinajstić information content (AvgIpc) is 3.06. The van der Waals surface area contributed by atoms with Gasteiger partial charge in [0.25, 0.3) is 0 Å². The molecule has 0 unspecified atom stereocenters. The van der Waals surface area contributed by atoms with E-state index in [1.54, 1.807) is 37.3 Å². The van der Waals surface area contributed by atoms with E-state index in [-0.39, 0.29) is 12.4 Å². The van der Waals surface area contributed by atoms with E-state index in [1.807, 2.05) is 35.0 Å². The standard InChI is InChI=1S/C22H19NO5/c1-2-28-22(27)21(26)13-18(25)10-7-15-14-23(16-8-11-17(24)12-9-16)20-6-4-3-5-19(15)20/h3-14,24,26H,2H2,1H3/b10-7+,21-13-. The van der Waals surface area contributed by atoms with Crippen LogP contribution in [0.25, 0.3) is 22.7 Å². The molecule has 0 saturated carbocycles. The maximum Gasteiger partial charge on any atom is 0.373 e. The van der Waals surface area contributed by atoms with Crippen LogP contribution in [0.1, 0.15) is 12.5 Å². The second-order valence-electron chi connectivity index (χ2n) is 5.97. The van der Waals surface area contributed by atoms with Gasteiger partial charge in [0.05, 0.1) is 12.1 Å². The van der Waals surface area contributed by atoms with Crippen LogP contribution in [-0.2, 0) is 14.3 Å². The first kappa shape index (κ1) is 19.0. The van der Waals surface area contributed by atoms with E-state index in [9.17, 15) is 19.8 Å². The van der Waals surface area contributed by atoms with Crippen LogP contribution in [0.4, 0.5) is 0 Å². The van der Waals surface area contributed by atoms with Crippen LogP contribution in [0.5, 0.6) is 5.75 Å². The van der Waals surface area contributed by atoms with Gasteiger partial charge in [0.15, 0.2) is 5.78 Å². The maximum absolute atomic E-state index is 12.0. The van der Waals surface area contributed by atoms with Crippen LogP contribution in [0.3, 0.4) is 0 Å². The van der Waals surface area contributed by atoms with Gasteiger partial charge in [-0.3, -0.25) is 4.79 Å². The van der Waals surface area contributed by atoms with E-state index < -0.39 is 17.5 Å². The molecule has 1 heterocycles. The number of ketones is 1. The molecule has 0 bridgehead atoms. The summed E-state index contributed by atoms with van der Waals surface area (Å²) in [7, 11) is 0. The van der Waals surface area contributed by atoms with Crippen molar-refractivity contribution in [2.45, 2.75) is 6.92 Å². The fraction of sp³-hybridized carbons (Fsp3) is 0.0909. The van der Waals surface area contributed by atoms with E-state index in [0.29, 0.717) is 0 Å². The van der Waals surface area contributed by atoms with Crippen molar-refractivity contribution >= 4 is 28.7 Å². The number of phenolic OH excluding ortho intramolecular Hbond substituents is 1. The van der Waals surface area contributed by atoms with Gasteiger partial charge in [-0.2, -0.15) is 0 Å². The number of carbonyl (C=O) groups excluding carboxylic acids is 2. The number of esters is 1. The molecule has 0 radical (unpaired) electrons. The number of ether oxygens (including phenoxy) is 1. The number of hydrogen-bond acceptors (Lipinski definition) is 5. The van der Waals surface area contributed by atoms with Gasteiger partial charge < -0.3 is 19.5 Å². The van der Waals surface area contributed by atoms with E-state index in [4.69, 9.17) is 0 Å². The summed E-state index contributed by atoms with van der Waals surface area (Å²) in [5, 5.41) is 20.0. The number of nitrogens with zero attached hydrogens (tertiary/aromatic N) is 1. The van der Waals surface area contributed by atoms with Crippen molar-refractivity contribution < 1.29 is 24.5 Å².